The van der Waals surface area contributed by atoms with Gasteiger partial charge in [0.15, 0.2) is 6.34 Å². The van der Waals surface area contributed by atoms with Gasteiger partial charge in [0, 0.05) is 6.42 Å². The molecule has 0 atom stereocenters. The number of aliphatic hydroxyl groups excluding tert-OH is 1. The highest BCUT2D eigenvalue weighted by Crippen LogP contribution is 2.09. The maximum Gasteiger partial charge on any atom is 0.439 e. The molecule has 0 aromatic rings. The first kappa shape index (κ1) is 11.5. The van der Waals surface area contributed by atoms with E-state index >= 15 is 0 Å². The number of nitrogens with two attached hydrogens (primary N) is 1. The molecule has 2 heterocycles. The number of allylic oxidation sites excluding steroid dienone is 1. The fourth-order valence-electron chi connectivity index (χ4n) is 1.53. The van der Waals surface area contributed by atoms with Crippen LogP contribution in [0.2, 0.25) is 0 Å². The summed E-state index contributed by atoms with van der Waals surface area (Å²) in [6.07, 6.45) is 4.41. The van der Waals surface area contributed by atoms with Crippen molar-refractivity contribution in [2.45, 2.75) is 25.7 Å². The fraction of sp³-hybridized carbons (Fsp3) is 0.400. The molecule has 2 aliphatic heterocycles. The Balaban J connectivity index is 1.83. The first-order valence-corrected chi connectivity index (χ1v) is 5.32. The lowest BCUT2D eigenvalue weighted by atomic mass is 10.2. The van der Waals surface area contributed by atoms with Crippen molar-refractivity contribution in [3.05, 3.63) is 11.9 Å². The maximum absolute atomic E-state index is 11.4. The van der Waals surface area contributed by atoms with Crippen LogP contribution in [0.4, 0.5) is 0 Å². The number of quaternary nitrogens is 1. The largest absolute Gasteiger partial charge is 0.460 e. The van der Waals surface area contributed by atoms with E-state index in [0.29, 0.717) is 11.2 Å². The summed E-state index contributed by atoms with van der Waals surface area (Å²) in [5.74, 6) is -1.17. The second-order valence-electron chi connectivity index (χ2n) is 3.70. The Bertz CT molecular complexity index is 450. The zero-order chi connectivity index (χ0) is 12.3. The minimum Gasteiger partial charge on any atom is -0.460 e. The van der Waals surface area contributed by atoms with Crippen LogP contribution < -0.4 is 5.32 Å². The molecule has 1 amide bonds. The molecule has 0 fully saturated rings. The number of hydrogen-bond acceptors (Lipinski definition) is 4. The van der Waals surface area contributed by atoms with E-state index in [1.165, 1.54) is 0 Å². The van der Waals surface area contributed by atoms with Crippen molar-refractivity contribution in [3.8, 4) is 0 Å². The van der Waals surface area contributed by atoms with Crippen LogP contribution in [0.1, 0.15) is 25.7 Å². The molecule has 0 spiro atoms. The van der Waals surface area contributed by atoms with Gasteiger partial charge in [0.05, 0.1) is 29.7 Å². The molecule has 7 heteroatoms. The van der Waals surface area contributed by atoms with Gasteiger partial charge in [-0.2, -0.15) is 4.84 Å². The van der Waals surface area contributed by atoms with Crippen molar-refractivity contribution in [1.82, 2.24) is 0 Å². The molecule has 2 aliphatic rings. The Morgan fingerprint density at radius 3 is 3.00 bits per heavy atom. The average molecular weight is 239 g/mol. The molecule has 0 saturated heterocycles. The monoisotopic (exact) mass is 239 g/mol. The maximum atomic E-state index is 11.4. The summed E-state index contributed by atoms with van der Waals surface area (Å²) in [6, 6.07) is 0. The van der Waals surface area contributed by atoms with Gasteiger partial charge in [-0.05, 0) is 0 Å². The van der Waals surface area contributed by atoms with E-state index in [0.717, 1.165) is 5.70 Å². The second-order valence-corrected chi connectivity index (χ2v) is 3.70. The van der Waals surface area contributed by atoms with Crippen LogP contribution in [0.25, 0.3) is 0 Å². The first-order chi connectivity index (χ1) is 8.16. The van der Waals surface area contributed by atoms with Crippen molar-refractivity contribution >= 4 is 24.1 Å². The van der Waals surface area contributed by atoms with Crippen molar-refractivity contribution in [2.75, 3.05) is 0 Å². The molecular weight excluding hydrogens is 226 g/mol. The average Bonchev–Trinajstić information content (AvgIpc) is 2.91. The number of aliphatic imine (C=N–C) groups is 1. The second kappa shape index (κ2) is 4.88. The van der Waals surface area contributed by atoms with Crippen LogP contribution in [0.3, 0.4) is 0 Å². The highest BCUT2D eigenvalue weighted by molar-refractivity contribution is 5.86. The van der Waals surface area contributed by atoms with E-state index in [2.05, 4.69) is 4.99 Å². The zero-order valence-electron chi connectivity index (χ0n) is 9.13. The molecule has 3 N–H and O–H groups in total. The number of nitrogens with zero attached hydrogens (tertiary/aromatic N) is 2. The Hall–Kier alpha value is -2.02. The third-order valence-corrected chi connectivity index (χ3v) is 2.42. The summed E-state index contributed by atoms with van der Waals surface area (Å²) in [7, 11) is 0. The third-order valence-electron chi connectivity index (χ3n) is 2.42. The van der Waals surface area contributed by atoms with Crippen LogP contribution >= 0.6 is 0 Å². The topological polar surface area (TPSA) is 95.6 Å². The predicted molar refractivity (Wildman–Crippen MR) is 56.0 cm³/mol. The molecule has 2 rings (SSSR count). The number of rotatable bonds is 4. The van der Waals surface area contributed by atoms with E-state index in [1.807, 2.05) is 0 Å². The van der Waals surface area contributed by atoms with Crippen LogP contribution in [-0.2, 0) is 14.4 Å². The summed E-state index contributed by atoms with van der Waals surface area (Å²) >= 11 is 0. The quantitative estimate of drug-likeness (QED) is 0.484. The Labute approximate surface area is 97.1 Å². The van der Waals surface area contributed by atoms with Gasteiger partial charge in [-0.3, -0.25) is 5.32 Å². The number of carbonyl (C=O) groups excluding carboxylic acids is 2. The number of carbonyl (C=O) groups is 2. The molecule has 0 radical (unpaired) electrons. The van der Waals surface area contributed by atoms with Crippen molar-refractivity contribution in [2.24, 2.45) is 4.99 Å². The Kier molecular flexibility index (Phi) is 3.29. The van der Waals surface area contributed by atoms with E-state index < -0.39 is 11.9 Å². The zero-order valence-corrected chi connectivity index (χ0v) is 9.13. The van der Waals surface area contributed by atoms with E-state index in [1.54, 1.807) is 17.9 Å². The smallest absolute Gasteiger partial charge is 0.439 e. The van der Waals surface area contributed by atoms with Crippen molar-refractivity contribution < 1.29 is 29.6 Å². The molecule has 0 bridgehead atoms. The Morgan fingerprint density at radius 1 is 1.59 bits per heavy atom. The lowest BCUT2D eigenvalue weighted by molar-refractivity contribution is -0.694. The van der Waals surface area contributed by atoms with Gasteiger partial charge < -0.3 is 5.11 Å². The summed E-state index contributed by atoms with van der Waals surface area (Å²) in [5, 5.41) is 11.1. The van der Waals surface area contributed by atoms with Gasteiger partial charge >= 0.3 is 17.8 Å². The number of hydrogen-bond donors (Lipinski definition) is 2. The molecule has 0 aliphatic carbocycles. The first-order valence-electron chi connectivity index (χ1n) is 5.32. The minimum absolute atomic E-state index is 0.119. The molecule has 0 aromatic heterocycles. The molecular formula is C10H13N3O4+2. The Morgan fingerprint density at radius 2 is 2.41 bits per heavy atom. The van der Waals surface area contributed by atoms with Crippen molar-refractivity contribution in [3.63, 3.8) is 0 Å². The summed E-state index contributed by atoms with van der Waals surface area (Å²) in [6.45, 7) is 0. The SMILES string of the molecule is O=C(CCC1=C[NH2+]C=N1)O[N+]1=C(O)CCC1=O. The lowest BCUT2D eigenvalue weighted by Crippen LogP contribution is -2.74. The molecule has 7 nitrogen and oxygen atoms in total. The van der Waals surface area contributed by atoms with Crippen LogP contribution in [-0.4, -0.2) is 34.0 Å². The molecule has 0 unspecified atom stereocenters. The predicted octanol–water partition coefficient (Wildman–Crippen LogP) is -1.04. The summed E-state index contributed by atoms with van der Waals surface area (Å²) in [4.78, 5) is 31.4. The molecule has 0 aromatic carbocycles. The molecule has 17 heavy (non-hydrogen) atoms. The van der Waals surface area contributed by atoms with Crippen LogP contribution in [0.5, 0.6) is 0 Å². The number of amides is 1. The van der Waals surface area contributed by atoms with Gasteiger partial charge in [-0.25, -0.2) is 14.6 Å². The summed E-state index contributed by atoms with van der Waals surface area (Å²) in [5.41, 5.74) is 0.794. The lowest BCUT2D eigenvalue weighted by Gasteiger charge is -1.96. The fourth-order valence-corrected chi connectivity index (χ4v) is 1.53. The normalized spacial score (nSPS) is 18.8. The van der Waals surface area contributed by atoms with E-state index in [9.17, 15) is 14.7 Å². The standard InChI is InChI=1S/C10H11N3O4/c14-8-2-3-9(15)13(8)17-10(16)4-1-7-5-11-6-12-7/h5-6H,1-4H2,(H,11,12)/p+2. The van der Waals surface area contributed by atoms with Gasteiger partial charge in [-0.15, -0.1) is 0 Å². The highest BCUT2D eigenvalue weighted by Gasteiger charge is 2.36. The van der Waals surface area contributed by atoms with Gasteiger partial charge in [0.25, 0.3) is 0 Å². The van der Waals surface area contributed by atoms with Gasteiger partial charge in [0.2, 0.25) is 0 Å². The highest BCUT2D eigenvalue weighted by atomic mass is 16.7. The van der Waals surface area contributed by atoms with E-state index in [-0.39, 0.29) is 25.2 Å². The minimum atomic E-state index is -0.560. The van der Waals surface area contributed by atoms with Gasteiger partial charge in [0.1, 0.15) is 6.20 Å². The molecule has 90 valence electrons. The third kappa shape index (κ3) is 2.76. The summed E-state index contributed by atoms with van der Waals surface area (Å²) < 4.78 is 0.667. The number of hydroxylamine groups is 1. The van der Waals surface area contributed by atoms with E-state index in [4.69, 9.17) is 4.84 Å². The van der Waals surface area contributed by atoms with Crippen LogP contribution in [0, 0.1) is 0 Å². The number of aliphatic hydroxyl groups is 1. The van der Waals surface area contributed by atoms with Gasteiger partial charge in [-0.1, -0.05) is 0 Å². The van der Waals surface area contributed by atoms with Crippen LogP contribution in [0.15, 0.2) is 16.9 Å². The molecule has 0 saturated carbocycles. The van der Waals surface area contributed by atoms with Crippen molar-refractivity contribution in [1.29, 1.82) is 0 Å².